The van der Waals surface area contributed by atoms with E-state index in [1.807, 2.05) is 0 Å². The summed E-state index contributed by atoms with van der Waals surface area (Å²) in [7, 11) is 0. The molecule has 0 aromatic carbocycles. The highest BCUT2D eigenvalue weighted by Gasteiger charge is 2.26. The van der Waals surface area contributed by atoms with Crippen LogP contribution in [0.25, 0.3) is 5.57 Å². The predicted octanol–water partition coefficient (Wildman–Crippen LogP) is 0.632. The van der Waals surface area contributed by atoms with Crippen molar-refractivity contribution in [3.8, 4) is 0 Å². The van der Waals surface area contributed by atoms with E-state index in [4.69, 9.17) is 10.5 Å². The van der Waals surface area contributed by atoms with Crippen molar-refractivity contribution in [3.05, 3.63) is 34.1 Å². The number of aromatic nitrogens is 2. The summed E-state index contributed by atoms with van der Waals surface area (Å²) in [5.41, 5.74) is 6.13. The molecule has 124 valence electrons. The van der Waals surface area contributed by atoms with Gasteiger partial charge in [0, 0.05) is 18.2 Å². The molecule has 0 unspecified atom stereocenters. The number of piperidine rings is 1. The summed E-state index contributed by atoms with van der Waals surface area (Å²) < 4.78 is 5.36. The summed E-state index contributed by atoms with van der Waals surface area (Å²) >= 11 is 0. The van der Waals surface area contributed by atoms with Crippen molar-refractivity contribution in [3.63, 3.8) is 0 Å². The molecule has 0 bridgehead atoms. The van der Waals surface area contributed by atoms with Crippen LogP contribution < -0.4 is 16.6 Å². The number of esters is 1. The molecule has 1 aromatic heterocycles. The molecule has 7 nitrogen and oxygen atoms in total. The van der Waals surface area contributed by atoms with Gasteiger partial charge < -0.3 is 20.8 Å². The SMILES string of the molecule is NC=C(C(=O)OC1CCC1)c1nc(C2CCNCC2)cc(=O)[nH]1. The molecule has 0 atom stereocenters. The summed E-state index contributed by atoms with van der Waals surface area (Å²) in [5, 5.41) is 3.28. The third kappa shape index (κ3) is 3.61. The first-order chi connectivity index (χ1) is 11.2. The van der Waals surface area contributed by atoms with Gasteiger partial charge in [-0.25, -0.2) is 9.78 Å². The number of carbonyl (C=O) groups is 1. The zero-order valence-electron chi connectivity index (χ0n) is 13.0. The first-order valence-electron chi connectivity index (χ1n) is 8.12. The van der Waals surface area contributed by atoms with Gasteiger partial charge in [0.1, 0.15) is 17.5 Å². The van der Waals surface area contributed by atoms with Gasteiger partial charge in [0.2, 0.25) is 0 Å². The van der Waals surface area contributed by atoms with Crippen LogP contribution in [0.2, 0.25) is 0 Å². The number of hydrogen-bond donors (Lipinski definition) is 3. The lowest BCUT2D eigenvalue weighted by Crippen LogP contribution is -2.29. The van der Waals surface area contributed by atoms with Crippen molar-refractivity contribution >= 4 is 11.5 Å². The predicted molar refractivity (Wildman–Crippen MR) is 85.6 cm³/mol. The quantitative estimate of drug-likeness (QED) is 0.555. The molecule has 0 spiro atoms. The van der Waals surface area contributed by atoms with Gasteiger partial charge in [0.15, 0.2) is 0 Å². The smallest absolute Gasteiger partial charge is 0.343 e. The van der Waals surface area contributed by atoms with E-state index in [1.165, 1.54) is 6.07 Å². The molecule has 7 heteroatoms. The maximum Gasteiger partial charge on any atom is 0.343 e. The van der Waals surface area contributed by atoms with E-state index in [1.54, 1.807) is 0 Å². The van der Waals surface area contributed by atoms with E-state index in [0.717, 1.165) is 51.4 Å². The van der Waals surface area contributed by atoms with Gasteiger partial charge >= 0.3 is 5.97 Å². The van der Waals surface area contributed by atoms with Crippen LogP contribution in [-0.4, -0.2) is 35.1 Å². The highest BCUT2D eigenvalue weighted by Crippen LogP contribution is 2.25. The first kappa shape index (κ1) is 15.7. The van der Waals surface area contributed by atoms with E-state index in [-0.39, 0.29) is 29.0 Å². The monoisotopic (exact) mass is 318 g/mol. The normalized spacial score (nSPS) is 20.1. The molecule has 4 N–H and O–H groups in total. The number of aromatic amines is 1. The summed E-state index contributed by atoms with van der Waals surface area (Å²) in [4.78, 5) is 31.3. The van der Waals surface area contributed by atoms with Gasteiger partial charge in [-0.3, -0.25) is 4.79 Å². The Labute approximate surface area is 134 Å². The van der Waals surface area contributed by atoms with Crippen LogP contribution in [-0.2, 0) is 9.53 Å². The molecule has 0 radical (unpaired) electrons. The minimum Gasteiger partial charge on any atom is -0.459 e. The molecule has 1 aliphatic carbocycles. The zero-order valence-corrected chi connectivity index (χ0v) is 13.0. The van der Waals surface area contributed by atoms with Gasteiger partial charge in [-0.1, -0.05) is 0 Å². The van der Waals surface area contributed by atoms with Crippen molar-refractivity contribution in [2.24, 2.45) is 5.73 Å². The summed E-state index contributed by atoms with van der Waals surface area (Å²) in [5.74, 6) is -0.111. The lowest BCUT2D eigenvalue weighted by molar-refractivity contribution is -0.145. The molecule has 2 aliphatic rings. The van der Waals surface area contributed by atoms with Crippen LogP contribution in [0, 0.1) is 0 Å². The Hall–Kier alpha value is -2.15. The van der Waals surface area contributed by atoms with Crippen molar-refractivity contribution < 1.29 is 9.53 Å². The standard InChI is InChI=1S/C16H22N4O3/c17-9-12(16(22)23-11-2-1-3-11)15-19-13(8-14(21)20-15)10-4-6-18-7-5-10/h8-11,18H,1-7,17H2,(H,19,20,21). The van der Waals surface area contributed by atoms with Crippen molar-refractivity contribution in [2.45, 2.75) is 44.1 Å². The Kier molecular flexibility index (Phi) is 4.76. The van der Waals surface area contributed by atoms with Crippen molar-refractivity contribution in [2.75, 3.05) is 13.1 Å². The molecule has 0 amide bonds. The molecule has 1 saturated heterocycles. The number of hydrogen-bond acceptors (Lipinski definition) is 6. The van der Waals surface area contributed by atoms with Crippen LogP contribution in [0.15, 0.2) is 17.1 Å². The van der Waals surface area contributed by atoms with Gasteiger partial charge in [0.25, 0.3) is 5.56 Å². The number of ether oxygens (including phenoxy) is 1. The Morgan fingerprint density at radius 1 is 1.30 bits per heavy atom. The van der Waals surface area contributed by atoms with E-state index in [0.29, 0.717) is 5.69 Å². The van der Waals surface area contributed by atoms with Gasteiger partial charge in [0.05, 0.1) is 5.69 Å². The molecular weight excluding hydrogens is 296 g/mol. The van der Waals surface area contributed by atoms with Crippen LogP contribution in [0.4, 0.5) is 0 Å². The first-order valence-corrected chi connectivity index (χ1v) is 8.12. The average Bonchev–Trinajstić information content (AvgIpc) is 2.52. The molecular formula is C16H22N4O3. The molecule has 3 rings (SSSR count). The molecule has 1 aromatic rings. The van der Waals surface area contributed by atoms with Crippen LogP contribution in [0.1, 0.15) is 49.5 Å². The van der Waals surface area contributed by atoms with E-state index in [2.05, 4.69) is 15.3 Å². The molecule has 1 aliphatic heterocycles. The second-order valence-corrected chi connectivity index (χ2v) is 6.08. The summed E-state index contributed by atoms with van der Waals surface area (Å²) in [6.07, 6.45) is 5.78. The Morgan fingerprint density at radius 3 is 2.65 bits per heavy atom. The zero-order chi connectivity index (χ0) is 16.2. The fourth-order valence-electron chi connectivity index (χ4n) is 2.88. The van der Waals surface area contributed by atoms with Crippen molar-refractivity contribution in [1.82, 2.24) is 15.3 Å². The number of nitrogens with zero attached hydrogens (tertiary/aromatic N) is 1. The number of H-pyrrole nitrogens is 1. The van der Waals surface area contributed by atoms with Gasteiger partial charge in [-0.2, -0.15) is 0 Å². The third-order valence-electron chi connectivity index (χ3n) is 4.49. The second-order valence-electron chi connectivity index (χ2n) is 6.08. The largest absolute Gasteiger partial charge is 0.459 e. The maximum atomic E-state index is 12.2. The van der Waals surface area contributed by atoms with Crippen LogP contribution >= 0.6 is 0 Å². The van der Waals surface area contributed by atoms with E-state index in [9.17, 15) is 9.59 Å². The second kappa shape index (κ2) is 6.95. The molecule has 2 heterocycles. The average molecular weight is 318 g/mol. The number of carbonyl (C=O) groups excluding carboxylic acids is 1. The minimum atomic E-state index is -0.525. The number of nitrogens with two attached hydrogens (primary N) is 1. The topological polar surface area (TPSA) is 110 Å². The Balaban J connectivity index is 1.83. The van der Waals surface area contributed by atoms with Crippen molar-refractivity contribution in [1.29, 1.82) is 0 Å². The number of rotatable bonds is 4. The fourth-order valence-corrected chi connectivity index (χ4v) is 2.88. The maximum absolute atomic E-state index is 12.2. The van der Waals surface area contributed by atoms with Gasteiger partial charge in [-0.05, 0) is 45.2 Å². The number of nitrogens with one attached hydrogen (secondary N) is 2. The lowest BCUT2D eigenvalue weighted by atomic mass is 9.94. The summed E-state index contributed by atoms with van der Waals surface area (Å²) in [6, 6.07) is 1.50. The van der Waals surface area contributed by atoms with E-state index >= 15 is 0 Å². The summed E-state index contributed by atoms with van der Waals surface area (Å²) in [6.45, 7) is 1.80. The third-order valence-corrected chi connectivity index (χ3v) is 4.49. The molecule has 2 fully saturated rings. The van der Waals surface area contributed by atoms with Gasteiger partial charge in [-0.15, -0.1) is 0 Å². The fraction of sp³-hybridized carbons (Fsp3) is 0.562. The van der Waals surface area contributed by atoms with E-state index < -0.39 is 5.97 Å². The molecule has 1 saturated carbocycles. The Bertz CT molecular complexity index is 658. The molecule has 23 heavy (non-hydrogen) atoms. The minimum absolute atomic E-state index is 0.0447. The Morgan fingerprint density at radius 2 is 2.04 bits per heavy atom. The van der Waals surface area contributed by atoms with Crippen LogP contribution in [0.5, 0.6) is 0 Å². The van der Waals surface area contributed by atoms with Crippen LogP contribution in [0.3, 0.4) is 0 Å². The highest BCUT2D eigenvalue weighted by atomic mass is 16.5. The lowest BCUT2D eigenvalue weighted by Gasteiger charge is -2.25. The highest BCUT2D eigenvalue weighted by molar-refractivity contribution is 6.15.